The molecule has 210 valence electrons. The molecule has 4 N–H and O–H groups in total. The molecule has 2 aromatic carbocycles. The zero-order chi connectivity index (χ0) is 29.4. The van der Waals surface area contributed by atoms with Crippen LogP contribution in [0, 0.1) is 17.1 Å². The van der Waals surface area contributed by atoms with Gasteiger partial charge in [0, 0.05) is 23.3 Å². The van der Waals surface area contributed by atoms with Gasteiger partial charge < -0.3 is 21.1 Å². The maximum absolute atomic E-state index is 13.8. The molecule has 2 fully saturated rings. The molecule has 3 atom stereocenters. The van der Waals surface area contributed by atoms with E-state index in [1.807, 2.05) is 0 Å². The fraction of sp³-hybridized carbons (Fsp3) is 0.345. The summed E-state index contributed by atoms with van der Waals surface area (Å²) < 4.78 is 25.1. The van der Waals surface area contributed by atoms with E-state index in [4.69, 9.17) is 11.6 Å². The number of halogens is 2. The van der Waals surface area contributed by atoms with Gasteiger partial charge in [-0.05, 0) is 55.5 Å². The second kappa shape index (κ2) is 11.2. The van der Waals surface area contributed by atoms with Crippen molar-refractivity contribution in [1.82, 2.24) is 25.3 Å². The van der Waals surface area contributed by atoms with Crippen molar-refractivity contribution in [3.05, 3.63) is 76.5 Å². The lowest BCUT2D eigenvalue weighted by Gasteiger charge is -2.33. The number of carbonyl (C=O) groups is 1. The van der Waals surface area contributed by atoms with Gasteiger partial charge in [-0.2, -0.15) is 5.26 Å². The molecular weight excluding hydrogens is 547 g/mol. The Labute approximate surface area is 241 Å². The predicted molar refractivity (Wildman–Crippen MR) is 152 cm³/mol. The number of amides is 1. The van der Waals surface area contributed by atoms with Gasteiger partial charge in [0.25, 0.3) is 0 Å². The van der Waals surface area contributed by atoms with Crippen LogP contribution in [0.2, 0.25) is 5.02 Å². The molecule has 41 heavy (non-hydrogen) atoms. The lowest BCUT2D eigenvalue weighted by atomic mass is 9.89. The molecule has 2 aliphatic rings. The van der Waals surface area contributed by atoms with Crippen LogP contribution in [0.3, 0.4) is 0 Å². The number of nitriles is 1. The number of hydrogen-bond donors (Lipinski definition) is 4. The Bertz CT molecular complexity index is 1690. The van der Waals surface area contributed by atoms with Crippen molar-refractivity contribution in [2.75, 3.05) is 10.6 Å². The Balaban J connectivity index is 1.43. The average molecular weight is 576 g/mol. The van der Waals surface area contributed by atoms with Crippen LogP contribution in [0.1, 0.15) is 68.8 Å². The number of benzene rings is 2. The molecule has 2 heterocycles. The monoisotopic (exact) mass is 575 g/mol. The molecule has 4 aromatic rings. The summed E-state index contributed by atoms with van der Waals surface area (Å²) in [5.41, 5.74) is 2.41. The second-order valence-electron chi connectivity index (χ2n) is 10.4. The van der Waals surface area contributed by atoms with Crippen LogP contribution in [-0.4, -0.2) is 43.3 Å². The lowest BCUT2D eigenvalue weighted by molar-refractivity contribution is 0.184. The lowest BCUT2D eigenvalue weighted by Crippen LogP contribution is -2.48. The minimum Gasteiger partial charge on any atom is -0.465 e. The average Bonchev–Trinajstić information content (AvgIpc) is 3.69. The molecule has 0 aliphatic heterocycles. The Morgan fingerprint density at radius 2 is 1.95 bits per heavy atom. The van der Waals surface area contributed by atoms with Gasteiger partial charge >= 0.3 is 6.09 Å². The van der Waals surface area contributed by atoms with Gasteiger partial charge in [-0.25, -0.2) is 13.9 Å². The quantitative estimate of drug-likeness (QED) is 0.200. The van der Waals surface area contributed by atoms with Gasteiger partial charge in [0.05, 0.1) is 47.5 Å². The number of hydrogen-bond acceptors (Lipinski definition) is 7. The highest BCUT2D eigenvalue weighted by molar-refractivity contribution is 6.35. The third-order valence-electron chi connectivity index (χ3n) is 7.54. The summed E-state index contributed by atoms with van der Waals surface area (Å²) in [6.07, 6.45) is 7.23. The number of pyridine rings is 1. The van der Waals surface area contributed by atoms with Crippen LogP contribution in [0.25, 0.3) is 10.9 Å². The van der Waals surface area contributed by atoms with E-state index in [1.54, 1.807) is 23.0 Å². The molecule has 2 saturated carbocycles. The molecule has 2 aliphatic carbocycles. The normalized spacial score (nSPS) is 20.5. The van der Waals surface area contributed by atoms with Crippen molar-refractivity contribution in [2.24, 2.45) is 0 Å². The van der Waals surface area contributed by atoms with Crippen LogP contribution in [0.4, 0.5) is 20.6 Å². The van der Waals surface area contributed by atoms with Crippen molar-refractivity contribution in [1.29, 1.82) is 5.26 Å². The Morgan fingerprint density at radius 1 is 1.20 bits per heavy atom. The molecule has 12 heteroatoms. The SMILES string of the molecule is [2H][C@](Nc1cc(Cl)c2ncc(C#N)c(N[C@H]3CCCC[C@H]3NC(=O)O)c2c1)(c1ccc(F)cc1)c1cn(C2CC2)nn1. The predicted octanol–water partition coefficient (Wildman–Crippen LogP) is 6.02. The van der Waals surface area contributed by atoms with Crippen molar-refractivity contribution in [3.8, 4) is 6.07 Å². The minimum absolute atomic E-state index is 0.252. The van der Waals surface area contributed by atoms with Gasteiger partial charge in [-0.3, -0.25) is 4.98 Å². The molecule has 1 amide bonds. The van der Waals surface area contributed by atoms with E-state index in [9.17, 15) is 20.9 Å². The topological polar surface area (TPSA) is 141 Å². The summed E-state index contributed by atoms with van der Waals surface area (Å²) in [5.74, 6) is -0.430. The Hall–Kier alpha value is -4.43. The van der Waals surface area contributed by atoms with E-state index >= 15 is 0 Å². The number of anilines is 2. The first-order valence-corrected chi connectivity index (χ1v) is 13.9. The summed E-state index contributed by atoms with van der Waals surface area (Å²) >= 11 is 6.72. The smallest absolute Gasteiger partial charge is 0.404 e. The molecule has 6 rings (SSSR count). The zero-order valence-corrected chi connectivity index (χ0v) is 22.7. The maximum atomic E-state index is 13.8. The summed E-state index contributed by atoms with van der Waals surface area (Å²) in [6, 6.07) is 9.18. The van der Waals surface area contributed by atoms with Gasteiger partial charge in [0.15, 0.2) is 0 Å². The second-order valence-corrected chi connectivity index (χ2v) is 10.8. The van der Waals surface area contributed by atoms with Crippen LogP contribution in [-0.2, 0) is 0 Å². The molecule has 2 aromatic heterocycles. The van der Waals surface area contributed by atoms with Crippen LogP contribution >= 0.6 is 11.6 Å². The van der Waals surface area contributed by atoms with Gasteiger partial charge in [0.1, 0.15) is 17.6 Å². The number of nitrogens with one attached hydrogen (secondary N) is 3. The number of fused-ring (bicyclic) bond motifs is 1. The van der Waals surface area contributed by atoms with E-state index < -0.39 is 17.9 Å². The van der Waals surface area contributed by atoms with E-state index in [1.165, 1.54) is 30.5 Å². The fourth-order valence-corrected chi connectivity index (χ4v) is 5.61. The van der Waals surface area contributed by atoms with E-state index in [2.05, 4.69) is 37.3 Å². The Kier molecular flexibility index (Phi) is 6.98. The van der Waals surface area contributed by atoms with Crippen LogP contribution in [0.15, 0.2) is 48.8 Å². The third kappa shape index (κ3) is 5.74. The van der Waals surface area contributed by atoms with Crippen molar-refractivity contribution in [3.63, 3.8) is 0 Å². The molecule has 0 spiro atoms. The standard InChI is InChI=1S/C29H28ClFN8O2/c30-22-12-19(34-27(16-5-7-18(31)8-6-16)25-15-39(38-37-25)20-9-10-20)11-21-26(17(13-32)14-33-28(21)22)35-23-3-1-2-4-24(23)36-29(40)41/h5-8,11-12,14-15,20,23-24,27,34,36H,1-4,9-10H2,(H,33,35)(H,40,41)/t23-,24+,27-/m0/s1/i27D. The molecule has 0 radical (unpaired) electrons. The van der Waals surface area contributed by atoms with E-state index in [-0.39, 0.29) is 28.7 Å². The zero-order valence-electron chi connectivity index (χ0n) is 22.9. The Morgan fingerprint density at radius 3 is 2.66 bits per heavy atom. The molecule has 0 saturated heterocycles. The van der Waals surface area contributed by atoms with Crippen molar-refractivity contribution < 1.29 is 15.7 Å². The summed E-state index contributed by atoms with van der Waals surface area (Å²) in [6.45, 7) is 0. The van der Waals surface area contributed by atoms with E-state index in [0.29, 0.717) is 46.4 Å². The summed E-state index contributed by atoms with van der Waals surface area (Å²) in [5, 5.41) is 37.9. The van der Waals surface area contributed by atoms with E-state index in [0.717, 1.165) is 25.7 Å². The first-order valence-electron chi connectivity index (χ1n) is 14.0. The highest BCUT2D eigenvalue weighted by Gasteiger charge is 2.29. The number of rotatable bonds is 8. The van der Waals surface area contributed by atoms with Crippen LogP contribution < -0.4 is 16.0 Å². The first-order chi connectivity index (χ1) is 20.2. The summed E-state index contributed by atoms with van der Waals surface area (Å²) in [7, 11) is 0. The number of aromatic nitrogens is 4. The number of carboxylic acid groups (broad SMARTS) is 1. The summed E-state index contributed by atoms with van der Waals surface area (Å²) in [4.78, 5) is 15.9. The highest BCUT2D eigenvalue weighted by Crippen LogP contribution is 2.38. The van der Waals surface area contributed by atoms with Crippen molar-refractivity contribution >= 4 is 40.0 Å². The largest absolute Gasteiger partial charge is 0.465 e. The molecular formula is C29H28ClFN8O2. The number of nitrogens with zero attached hydrogens (tertiary/aromatic N) is 5. The van der Waals surface area contributed by atoms with Crippen LogP contribution in [0.5, 0.6) is 0 Å². The van der Waals surface area contributed by atoms with Gasteiger partial charge in [0.2, 0.25) is 0 Å². The van der Waals surface area contributed by atoms with Gasteiger partial charge in [-0.15, -0.1) is 5.10 Å². The maximum Gasteiger partial charge on any atom is 0.404 e. The molecule has 0 unspecified atom stereocenters. The fourth-order valence-electron chi connectivity index (χ4n) is 5.35. The third-order valence-corrected chi connectivity index (χ3v) is 7.83. The van der Waals surface area contributed by atoms with Crippen molar-refractivity contribution in [2.45, 2.75) is 62.7 Å². The molecule has 10 nitrogen and oxygen atoms in total. The van der Waals surface area contributed by atoms with Gasteiger partial charge in [-0.1, -0.05) is 41.8 Å². The first kappa shape index (κ1) is 25.5. The molecule has 0 bridgehead atoms. The highest BCUT2D eigenvalue weighted by atomic mass is 35.5. The minimum atomic E-state index is -1.66.